The molecule has 6 aliphatic carbocycles. The molecule has 12 nitrogen and oxygen atoms in total. The van der Waals surface area contributed by atoms with Gasteiger partial charge in [0.05, 0.1) is 60.7 Å². The Morgan fingerprint density at radius 2 is 0.625 bits per heavy atom. The highest BCUT2D eigenvalue weighted by Crippen LogP contribution is 2.55. The lowest BCUT2D eigenvalue weighted by Gasteiger charge is -2.34. The summed E-state index contributed by atoms with van der Waals surface area (Å²) in [4.78, 5) is 50.2. The maximum absolute atomic E-state index is 14.2. The third-order valence-electron chi connectivity index (χ3n) is 27.9. The summed E-state index contributed by atoms with van der Waals surface area (Å²) in [5.41, 5.74) is 15.0. The number of aromatic nitrogens is 12. The van der Waals surface area contributed by atoms with Gasteiger partial charge in [0.15, 0.2) is 17.5 Å². The van der Waals surface area contributed by atoms with Gasteiger partial charge in [-0.15, -0.1) is 0 Å². The first-order valence-corrected chi connectivity index (χ1v) is 44.0. The summed E-state index contributed by atoms with van der Waals surface area (Å²) in [6, 6.07) is 51.5. The van der Waals surface area contributed by atoms with Crippen LogP contribution in [0, 0.1) is 70.4 Å². The summed E-state index contributed by atoms with van der Waals surface area (Å²) in [7, 11) is 0. The van der Waals surface area contributed by atoms with E-state index in [0.29, 0.717) is 93.5 Å². The van der Waals surface area contributed by atoms with Gasteiger partial charge in [-0.2, -0.15) is 0 Å². The summed E-state index contributed by atoms with van der Waals surface area (Å²) < 4.78 is 83.0. The number of imidazole rings is 4. The zero-order valence-corrected chi connectivity index (χ0v) is 68.8. The monoisotopic (exact) mass is 1650 g/mol. The van der Waals surface area contributed by atoms with Gasteiger partial charge in [0.25, 0.3) is 0 Å². The Bertz CT molecular complexity index is 6170. The van der Waals surface area contributed by atoms with E-state index < -0.39 is 23.3 Å². The van der Waals surface area contributed by atoms with Gasteiger partial charge < -0.3 is 19.9 Å². The number of hydrogen-bond acceptors (Lipinski definition) is 8. The highest BCUT2D eigenvalue weighted by molar-refractivity contribution is 6.31. The van der Waals surface area contributed by atoms with E-state index in [1.54, 1.807) is 24.3 Å². The van der Waals surface area contributed by atoms with Crippen LogP contribution < -0.4 is 0 Å². The lowest BCUT2D eigenvalue weighted by atomic mass is 9.72. The third kappa shape index (κ3) is 16.8. The van der Waals surface area contributed by atoms with Crippen LogP contribution in [-0.2, 0) is 0 Å². The zero-order chi connectivity index (χ0) is 81.8. The SMILES string of the molecule is C[C@@H](c1nc2ccc(Cl)cc2[nH]1)C1CCC(c2ccnc3ccccc23)CC1.C[C@@H](c1nc2ccc(Cl)cc2[nH]1)C1CCC(c2ccnc3ccccc23)CC1.Fc1cc(F)c2nc([C@@H](C3CCC(c4ccnc5ccc(F)cc45)CC3)C3CC3)[nH]c2c1.Fc1ccc2nccc(C3CCC([C@H](c4nc5cc(F)c(F)cc5[nH]4)C4CC4)CC3)c2c1. The lowest BCUT2D eigenvalue weighted by Crippen LogP contribution is -2.22. The van der Waals surface area contributed by atoms with Crippen LogP contribution in [0.4, 0.5) is 26.3 Å². The van der Waals surface area contributed by atoms with Gasteiger partial charge >= 0.3 is 0 Å². The molecular formula is C100H96Cl2F6N12. The van der Waals surface area contributed by atoms with E-state index in [9.17, 15) is 26.3 Å². The van der Waals surface area contributed by atoms with Crippen molar-refractivity contribution in [3.63, 3.8) is 0 Å². The van der Waals surface area contributed by atoms with E-state index >= 15 is 0 Å². The van der Waals surface area contributed by atoms with Crippen LogP contribution in [-0.4, -0.2) is 59.8 Å². The number of nitrogens with one attached hydrogen (secondary N) is 4. The van der Waals surface area contributed by atoms with Gasteiger partial charge in [-0.05, 0) is 325 Å². The van der Waals surface area contributed by atoms with E-state index in [4.69, 9.17) is 33.2 Å². The molecule has 8 aromatic heterocycles. The Labute approximate surface area is 703 Å². The summed E-state index contributed by atoms with van der Waals surface area (Å²) >= 11 is 12.2. The van der Waals surface area contributed by atoms with Crippen molar-refractivity contribution in [1.82, 2.24) is 59.8 Å². The van der Waals surface area contributed by atoms with Gasteiger partial charge in [-0.1, -0.05) is 73.4 Å². The number of fused-ring (bicyclic) bond motifs is 8. The van der Waals surface area contributed by atoms with Crippen molar-refractivity contribution in [3.05, 3.63) is 285 Å². The normalized spacial score (nSPS) is 21.9. The first-order chi connectivity index (χ1) is 58.5. The number of rotatable bonds is 14. The van der Waals surface area contributed by atoms with Gasteiger partial charge in [0.1, 0.15) is 46.3 Å². The number of halogens is 8. The Morgan fingerprint density at radius 1 is 0.283 bits per heavy atom. The molecule has 20 heteroatoms. The summed E-state index contributed by atoms with van der Waals surface area (Å²) in [5, 5.41) is 5.95. The molecule has 6 saturated carbocycles. The van der Waals surface area contributed by atoms with Crippen molar-refractivity contribution >= 4 is 111 Å². The molecule has 0 radical (unpaired) electrons. The van der Waals surface area contributed by atoms with E-state index in [1.807, 2.05) is 73.3 Å². The van der Waals surface area contributed by atoms with E-state index in [0.717, 1.165) is 159 Å². The summed E-state index contributed by atoms with van der Waals surface area (Å²) in [5.74, 6) is 7.32. The van der Waals surface area contributed by atoms with Crippen molar-refractivity contribution in [3.8, 4) is 0 Å². The highest BCUT2D eigenvalue weighted by atomic mass is 35.5. The topological polar surface area (TPSA) is 166 Å². The molecule has 4 atom stereocenters. The van der Waals surface area contributed by atoms with Crippen molar-refractivity contribution in [2.75, 3.05) is 0 Å². The van der Waals surface area contributed by atoms with E-state index in [1.165, 1.54) is 128 Å². The average molecular weight is 1650 g/mol. The van der Waals surface area contributed by atoms with Crippen LogP contribution >= 0.6 is 23.2 Å². The van der Waals surface area contributed by atoms with Crippen LogP contribution in [0.25, 0.3) is 87.7 Å². The fraction of sp³-hybridized carbons (Fsp3) is 0.360. The minimum absolute atomic E-state index is 0.228. The second kappa shape index (κ2) is 34.2. The van der Waals surface area contributed by atoms with Crippen molar-refractivity contribution in [2.45, 2.75) is 190 Å². The van der Waals surface area contributed by atoms with Crippen molar-refractivity contribution in [2.24, 2.45) is 35.5 Å². The number of aromatic amines is 4. The highest BCUT2D eigenvalue weighted by Gasteiger charge is 2.43. The minimum atomic E-state index is -0.861. The summed E-state index contributed by atoms with van der Waals surface area (Å²) in [6.07, 6.45) is 30.4. The Kier molecular flexibility index (Phi) is 22.6. The fourth-order valence-corrected chi connectivity index (χ4v) is 21.6. The molecule has 0 unspecified atom stereocenters. The first kappa shape index (κ1) is 79.2. The van der Waals surface area contributed by atoms with Crippen molar-refractivity contribution in [1.29, 1.82) is 0 Å². The molecule has 6 fully saturated rings. The maximum Gasteiger partial charge on any atom is 0.161 e. The zero-order valence-electron chi connectivity index (χ0n) is 67.3. The van der Waals surface area contributed by atoms with E-state index in [2.05, 4.69) is 124 Å². The predicted octanol–water partition coefficient (Wildman–Crippen LogP) is 27.7. The Balaban J connectivity index is 0.000000106. The molecule has 8 aromatic carbocycles. The van der Waals surface area contributed by atoms with Crippen LogP contribution in [0.2, 0.25) is 10.0 Å². The quantitative estimate of drug-likeness (QED) is 0.0781. The maximum atomic E-state index is 14.2. The number of hydrogen-bond donors (Lipinski definition) is 4. The Hall–Kier alpha value is -10.6. The molecule has 6 aliphatic rings. The van der Waals surface area contributed by atoms with Crippen LogP contribution in [0.1, 0.15) is 235 Å². The molecule has 22 rings (SSSR count). The van der Waals surface area contributed by atoms with Crippen LogP contribution in [0.15, 0.2) is 195 Å². The number of pyridine rings is 4. The van der Waals surface area contributed by atoms with Crippen molar-refractivity contribution < 1.29 is 26.3 Å². The standard InChI is InChI=1S/2C26H24F3N3.2C24H24ClN3/c27-17-7-8-22-20(11-17)19(9-10-30-22)14-1-3-15(4-2-14)24(16-5-6-16)26-31-23-13-18(28)12-21(29)25(23)32-26;27-17-7-8-22-19(11-17)18(9-10-30-22)14-1-3-15(4-2-14)25(16-5-6-16)26-31-23-12-20(28)21(29)13-24(23)32-26;2*1-15(24-27-22-11-10-18(25)14-23(22)28-24)16-6-8-17(9-7-16)19-12-13-26-21-5-3-2-4-20(19)21/h7-16,24H,1-6H2,(H,31,32);7-16,25H,1-6H2,(H,31,32);2*2-5,10-17H,6-9H2,1H3,(H,27,28)/t14?,15?,24-;14?,15?,25-;2*15-,16?,17?/m0011/s1. The number of nitrogens with zero attached hydrogens (tertiary/aromatic N) is 8. The molecule has 16 aromatic rings. The predicted molar refractivity (Wildman–Crippen MR) is 468 cm³/mol. The molecule has 8 heterocycles. The minimum Gasteiger partial charge on any atom is -0.342 e. The smallest absolute Gasteiger partial charge is 0.161 e. The fourth-order valence-electron chi connectivity index (χ4n) is 21.2. The second-order valence-electron chi connectivity index (χ2n) is 35.1. The molecule has 120 heavy (non-hydrogen) atoms. The molecular weight excluding hydrogens is 1550 g/mol. The molecule has 0 aliphatic heterocycles. The van der Waals surface area contributed by atoms with Crippen LogP contribution in [0.3, 0.4) is 0 Å². The average Bonchev–Trinajstić information content (AvgIpc) is 1.65. The molecule has 4 N–H and O–H groups in total. The van der Waals surface area contributed by atoms with Crippen LogP contribution in [0.5, 0.6) is 0 Å². The largest absolute Gasteiger partial charge is 0.342 e. The molecule has 0 saturated heterocycles. The lowest BCUT2D eigenvalue weighted by molar-refractivity contribution is 0.259. The molecule has 612 valence electrons. The van der Waals surface area contributed by atoms with Gasteiger partial charge in [0.2, 0.25) is 0 Å². The molecule has 0 bridgehead atoms. The van der Waals surface area contributed by atoms with E-state index in [-0.39, 0.29) is 23.1 Å². The first-order valence-electron chi connectivity index (χ1n) is 43.3. The summed E-state index contributed by atoms with van der Waals surface area (Å²) in [6.45, 7) is 4.62. The third-order valence-corrected chi connectivity index (χ3v) is 28.3. The Morgan fingerprint density at radius 3 is 1.06 bits per heavy atom. The van der Waals surface area contributed by atoms with Gasteiger partial charge in [0, 0.05) is 98.2 Å². The van der Waals surface area contributed by atoms with Gasteiger partial charge in [-0.25, -0.2) is 46.3 Å². The second-order valence-corrected chi connectivity index (χ2v) is 36.0. The molecule has 0 spiro atoms. The number of H-pyrrole nitrogens is 4. The van der Waals surface area contributed by atoms with Gasteiger partial charge in [-0.3, -0.25) is 19.9 Å². The molecule has 0 amide bonds. The number of para-hydroxylation sites is 2. The number of benzene rings is 8.